The van der Waals surface area contributed by atoms with E-state index in [0.29, 0.717) is 6.04 Å². The minimum absolute atomic E-state index is 0.0217. The fourth-order valence-corrected chi connectivity index (χ4v) is 4.87. The van der Waals surface area contributed by atoms with Gasteiger partial charge in [0.25, 0.3) is 0 Å². The topological polar surface area (TPSA) is 88.1 Å². The van der Waals surface area contributed by atoms with E-state index in [9.17, 15) is 9.59 Å². The Hall–Kier alpha value is -2.42. The quantitative estimate of drug-likeness (QED) is 0.632. The van der Waals surface area contributed by atoms with Gasteiger partial charge in [0.05, 0.1) is 19.0 Å². The Morgan fingerprint density at radius 3 is 2.39 bits per heavy atom. The van der Waals surface area contributed by atoms with Crippen LogP contribution in [-0.4, -0.2) is 88.8 Å². The van der Waals surface area contributed by atoms with E-state index in [0.717, 1.165) is 63.5 Å². The summed E-state index contributed by atoms with van der Waals surface area (Å²) in [4.78, 5) is 39.9. The number of aromatic nitrogens is 2. The molecule has 0 bridgehead atoms. The van der Waals surface area contributed by atoms with E-state index in [2.05, 4.69) is 33.6 Å². The number of amides is 1. The summed E-state index contributed by atoms with van der Waals surface area (Å²) in [6.45, 7) is 16.2. The van der Waals surface area contributed by atoms with Crippen LogP contribution in [0.2, 0.25) is 0 Å². The van der Waals surface area contributed by atoms with Gasteiger partial charge in [-0.1, -0.05) is 6.92 Å². The molecule has 1 amide bonds. The number of hydrogen-bond acceptors (Lipinski definition) is 8. The predicted molar refractivity (Wildman–Crippen MR) is 127 cm³/mol. The third-order valence-corrected chi connectivity index (χ3v) is 6.77. The number of methoxy groups -OCH3 is 1. The molecule has 184 valence electrons. The first-order valence-electron chi connectivity index (χ1n) is 11.9. The van der Waals surface area contributed by atoms with Crippen molar-refractivity contribution in [3.63, 3.8) is 0 Å². The Morgan fingerprint density at radius 2 is 1.85 bits per heavy atom. The summed E-state index contributed by atoms with van der Waals surface area (Å²) in [5, 5.41) is 0. The third kappa shape index (κ3) is 5.75. The highest BCUT2D eigenvalue weighted by Crippen LogP contribution is 2.33. The van der Waals surface area contributed by atoms with E-state index in [-0.39, 0.29) is 17.3 Å². The standard InChI is InChI=1S/C24H39N5O4/c1-8-24(6)16-28(20-17(2)26-19(15-25-20)21(30)32-7)13-14-29(24)18-9-11-27(12-10-18)22(31)33-23(3,4)5/h15,18H,8-14,16H2,1-7H3. The molecule has 2 aliphatic heterocycles. The van der Waals surface area contributed by atoms with Crippen LogP contribution in [0.3, 0.4) is 0 Å². The van der Waals surface area contributed by atoms with Crippen molar-refractivity contribution >= 4 is 17.9 Å². The molecule has 1 unspecified atom stereocenters. The molecule has 0 radical (unpaired) electrons. The smallest absolute Gasteiger partial charge is 0.410 e. The van der Waals surface area contributed by atoms with Crippen LogP contribution < -0.4 is 4.90 Å². The first-order chi connectivity index (χ1) is 15.5. The molecule has 0 aliphatic carbocycles. The van der Waals surface area contributed by atoms with Gasteiger partial charge in [-0.2, -0.15) is 0 Å². The van der Waals surface area contributed by atoms with Gasteiger partial charge in [-0.3, -0.25) is 4.90 Å². The Labute approximate surface area is 197 Å². The van der Waals surface area contributed by atoms with Crippen LogP contribution in [0.4, 0.5) is 10.6 Å². The van der Waals surface area contributed by atoms with Gasteiger partial charge in [0, 0.05) is 44.3 Å². The maximum atomic E-state index is 12.4. The van der Waals surface area contributed by atoms with Gasteiger partial charge in [-0.15, -0.1) is 0 Å². The minimum Gasteiger partial charge on any atom is -0.464 e. The van der Waals surface area contributed by atoms with Crippen molar-refractivity contribution < 1.29 is 19.1 Å². The van der Waals surface area contributed by atoms with Gasteiger partial charge in [0.15, 0.2) is 5.69 Å². The van der Waals surface area contributed by atoms with Crippen molar-refractivity contribution in [1.29, 1.82) is 0 Å². The van der Waals surface area contributed by atoms with Crippen LogP contribution in [0.25, 0.3) is 0 Å². The second-order valence-corrected chi connectivity index (χ2v) is 10.3. The van der Waals surface area contributed by atoms with Crippen molar-refractivity contribution in [2.24, 2.45) is 0 Å². The summed E-state index contributed by atoms with van der Waals surface area (Å²) in [6, 6.07) is 0.435. The molecular formula is C24H39N5O4. The van der Waals surface area contributed by atoms with E-state index in [1.165, 1.54) is 13.3 Å². The zero-order chi connectivity index (χ0) is 24.4. The molecule has 2 saturated heterocycles. The number of nitrogens with zero attached hydrogens (tertiary/aromatic N) is 5. The summed E-state index contributed by atoms with van der Waals surface area (Å²) in [5.41, 5.74) is 0.468. The molecule has 1 atom stereocenters. The van der Waals surface area contributed by atoms with Crippen molar-refractivity contribution in [2.75, 3.05) is 44.7 Å². The van der Waals surface area contributed by atoms with Crippen LogP contribution in [0.1, 0.15) is 70.1 Å². The molecule has 0 N–H and O–H groups in total. The lowest BCUT2D eigenvalue weighted by Gasteiger charge is -2.53. The molecule has 9 heteroatoms. The zero-order valence-electron chi connectivity index (χ0n) is 21.2. The molecule has 1 aromatic heterocycles. The molecule has 0 saturated carbocycles. The molecule has 9 nitrogen and oxygen atoms in total. The van der Waals surface area contributed by atoms with Gasteiger partial charge in [0.2, 0.25) is 0 Å². The number of piperazine rings is 1. The number of aryl methyl sites for hydroxylation is 1. The van der Waals surface area contributed by atoms with Crippen LogP contribution in [0, 0.1) is 6.92 Å². The van der Waals surface area contributed by atoms with Gasteiger partial charge < -0.3 is 19.3 Å². The largest absolute Gasteiger partial charge is 0.464 e. The Bertz CT molecular complexity index is 863. The number of carbonyl (C=O) groups excluding carboxylic acids is 2. The van der Waals surface area contributed by atoms with Crippen LogP contribution in [-0.2, 0) is 9.47 Å². The van der Waals surface area contributed by atoms with E-state index < -0.39 is 11.6 Å². The van der Waals surface area contributed by atoms with Crippen molar-refractivity contribution in [2.45, 2.75) is 78.0 Å². The number of esters is 1. The number of anilines is 1. The lowest BCUT2D eigenvalue weighted by molar-refractivity contribution is -0.00689. The summed E-state index contributed by atoms with van der Waals surface area (Å²) in [7, 11) is 1.34. The highest BCUT2D eigenvalue weighted by atomic mass is 16.6. The summed E-state index contributed by atoms with van der Waals surface area (Å²) >= 11 is 0. The third-order valence-electron chi connectivity index (χ3n) is 6.77. The second-order valence-electron chi connectivity index (χ2n) is 10.3. The van der Waals surface area contributed by atoms with Gasteiger partial charge in [-0.25, -0.2) is 19.6 Å². The van der Waals surface area contributed by atoms with E-state index in [4.69, 9.17) is 9.47 Å². The lowest BCUT2D eigenvalue weighted by Crippen LogP contribution is -2.65. The number of ether oxygens (including phenoxy) is 2. The van der Waals surface area contributed by atoms with Crippen LogP contribution >= 0.6 is 0 Å². The lowest BCUT2D eigenvalue weighted by atomic mass is 9.88. The summed E-state index contributed by atoms with van der Waals surface area (Å²) in [5.74, 6) is 0.347. The average molecular weight is 462 g/mol. The van der Waals surface area contributed by atoms with Crippen molar-refractivity contribution in [1.82, 2.24) is 19.8 Å². The van der Waals surface area contributed by atoms with Gasteiger partial charge >= 0.3 is 12.1 Å². The molecule has 33 heavy (non-hydrogen) atoms. The SMILES string of the molecule is CCC1(C)CN(c2ncc(C(=O)OC)nc2C)CCN1C1CCN(C(=O)OC(C)(C)C)CC1. The molecule has 2 fully saturated rings. The van der Waals surface area contributed by atoms with E-state index >= 15 is 0 Å². The zero-order valence-corrected chi connectivity index (χ0v) is 21.2. The first-order valence-corrected chi connectivity index (χ1v) is 11.9. The molecule has 2 aliphatic rings. The molecule has 1 aromatic rings. The van der Waals surface area contributed by atoms with Crippen LogP contribution in [0.5, 0.6) is 0 Å². The molecule has 0 aromatic carbocycles. The molecular weight excluding hydrogens is 422 g/mol. The Balaban J connectivity index is 1.66. The number of hydrogen-bond donors (Lipinski definition) is 0. The number of likely N-dealkylation sites (tertiary alicyclic amines) is 1. The van der Waals surface area contributed by atoms with Gasteiger partial charge in [-0.05, 0) is 53.9 Å². The highest BCUT2D eigenvalue weighted by molar-refractivity contribution is 5.87. The fourth-order valence-electron chi connectivity index (χ4n) is 4.87. The predicted octanol–water partition coefficient (Wildman–Crippen LogP) is 3.26. The van der Waals surface area contributed by atoms with Crippen molar-refractivity contribution in [3.05, 3.63) is 17.6 Å². The number of rotatable bonds is 4. The summed E-state index contributed by atoms with van der Waals surface area (Å²) in [6.07, 6.45) is 4.18. The monoisotopic (exact) mass is 461 g/mol. The maximum Gasteiger partial charge on any atom is 0.410 e. The molecule has 3 rings (SSSR count). The fraction of sp³-hybridized carbons (Fsp3) is 0.750. The van der Waals surface area contributed by atoms with Crippen LogP contribution in [0.15, 0.2) is 6.20 Å². The molecule has 3 heterocycles. The molecule has 0 spiro atoms. The number of piperidine rings is 1. The normalized spacial score (nSPS) is 22.9. The van der Waals surface area contributed by atoms with Gasteiger partial charge in [0.1, 0.15) is 11.4 Å². The average Bonchev–Trinajstić information content (AvgIpc) is 2.77. The Morgan fingerprint density at radius 1 is 1.18 bits per heavy atom. The first kappa shape index (κ1) is 25.2. The summed E-state index contributed by atoms with van der Waals surface area (Å²) < 4.78 is 10.3. The van der Waals surface area contributed by atoms with E-state index in [1.54, 1.807) is 0 Å². The second kappa shape index (κ2) is 9.83. The maximum absolute atomic E-state index is 12.4. The van der Waals surface area contributed by atoms with Crippen molar-refractivity contribution in [3.8, 4) is 0 Å². The van der Waals surface area contributed by atoms with E-state index in [1.807, 2.05) is 32.6 Å². The highest BCUT2D eigenvalue weighted by Gasteiger charge is 2.42. The Kier molecular flexibility index (Phi) is 7.51. The number of carbonyl (C=O) groups is 2. The minimum atomic E-state index is -0.474.